The minimum atomic E-state index is -0.00296. The summed E-state index contributed by atoms with van der Waals surface area (Å²) in [5.74, 6) is -0.00296. The van der Waals surface area contributed by atoms with Crippen molar-refractivity contribution in [3.05, 3.63) is 138 Å². The Balaban J connectivity index is 1.48. The molecular formula is C29H18BrN3O. The molecule has 6 rings (SSSR count). The van der Waals surface area contributed by atoms with E-state index in [1.54, 1.807) is 6.20 Å². The number of ketones is 1. The number of para-hydroxylation sites is 2. The maximum atomic E-state index is 13.7. The normalized spacial score (nSPS) is 16.7. The number of carbonyl (C=O) groups excluding carboxylic acids is 1. The van der Waals surface area contributed by atoms with Gasteiger partial charge < -0.3 is 4.90 Å². The van der Waals surface area contributed by atoms with Crippen LogP contribution < -0.4 is 0 Å². The minimum absolute atomic E-state index is 0.00296. The fraction of sp³-hybridized carbons (Fsp3) is 0. The van der Waals surface area contributed by atoms with Gasteiger partial charge in [-0.25, -0.2) is 4.98 Å². The maximum Gasteiger partial charge on any atom is 0.212 e. The van der Waals surface area contributed by atoms with Crippen molar-refractivity contribution >= 4 is 48.5 Å². The Bertz CT molecular complexity index is 1570. The van der Waals surface area contributed by atoms with E-state index in [-0.39, 0.29) is 5.78 Å². The van der Waals surface area contributed by atoms with E-state index >= 15 is 0 Å². The molecule has 4 aromatic rings. The number of allylic oxidation sites excluding steroid dienone is 4. The average molecular weight is 504 g/mol. The highest BCUT2D eigenvalue weighted by atomic mass is 79.9. The summed E-state index contributed by atoms with van der Waals surface area (Å²) in [6.45, 7) is 0. The van der Waals surface area contributed by atoms with Gasteiger partial charge in [0.15, 0.2) is 0 Å². The predicted octanol–water partition coefficient (Wildman–Crippen LogP) is 6.60. The summed E-state index contributed by atoms with van der Waals surface area (Å²) in [4.78, 5) is 25.0. The third-order valence-corrected chi connectivity index (χ3v) is 6.79. The molecule has 5 heteroatoms. The molecular weight excluding hydrogens is 486 g/mol. The van der Waals surface area contributed by atoms with Gasteiger partial charge in [0.1, 0.15) is 0 Å². The summed E-state index contributed by atoms with van der Waals surface area (Å²) in [5.41, 5.74) is 7.35. The van der Waals surface area contributed by atoms with Gasteiger partial charge >= 0.3 is 0 Å². The van der Waals surface area contributed by atoms with Crippen LogP contribution in [0.25, 0.3) is 26.8 Å². The van der Waals surface area contributed by atoms with Crippen molar-refractivity contribution in [3.8, 4) is 0 Å². The van der Waals surface area contributed by atoms with Crippen molar-refractivity contribution < 1.29 is 4.79 Å². The third-order valence-electron chi connectivity index (χ3n) is 5.93. The Morgan fingerprint density at radius 3 is 2.18 bits per heavy atom. The summed E-state index contributed by atoms with van der Waals surface area (Å²) in [5, 5.41) is 0. The quantitative estimate of drug-likeness (QED) is 0.316. The summed E-state index contributed by atoms with van der Waals surface area (Å²) in [6, 6.07) is 27.6. The minimum Gasteiger partial charge on any atom is -0.312 e. The van der Waals surface area contributed by atoms with Crippen molar-refractivity contribution in [1.29, 1.82) is 0 Å². The van der Waals surface area contributed by atoms with Crippen molar-refractivity contribution in [2.75, 3.05) is 0 Å². The zero-order valence-corrected chi connectivity index (χ0v) is 19.6. The number of aromatic nitrogens is 2. The molecule has 162 valence electrons. The molecule has 2 aliphatic heterocycles. The standard InChI is InChI=1S/C29H18BrN3O/c30-27(24-18-31-22-13-7-8-14-23(22)32-24)21-15-16-33-25(17-21)29(34)26(19-9-3-1-4-10-19)28(33)20-11-5-2-6-12-20/h1-18H. The van der Waals surface area contributed by atoms with Gasteiger partial charge in [-0.1, -0.05) is 72.8 Å². The van der Waals surface area contributed by atoms with E-state index in [0.717, 1.165) is 37.9 Å². The molecule has 34 heavy (non-hydrogen) atoms. The first-order valence-electron chi connectivity index (χ1n) is 10.9. The molecule has 0 atom stereocenters. The summed E-state index contributed by atoms with van der Waals surface area (Å²) in [7, 11) is 0. The molecule has 0 fully saturated rings. The van der Waals surface area contributed by atoms with E-state index in [9.17, 15) is 4.79 Å². The molecule has 3 aromatic carbocycles. The number of fused-ring (bicyclic) bond motifs is 2. The highest BCUT2D eigenvalue weighted by Gasteiger charge is 2.36. The van der Waals surface area contributed by atoms with Gasteiger partial charge in [0, 0.05) is 6.20 Å². The van der Waals surface area contributed by atoms with Gasteiger partial charge in [0.25, 0.3) is 0 Å². The molecule has 0 bridgehead atoms. The number of Topliss-reactive ketones (excluding diaryl/α,β-unsaturated/α-hetero) is 1. The Kier molecular flexibility index (Phi) is 5.04. The number of rotatable bonds is 3. The first-order chi connectivity index (χ1) is 16.7. The zero-order valence-electron chi connectivity index (χ0n) is 18.0. The van der Waals surface area contributed by atoms with E-state index in [1.807, 2.05) is 108 Å². The first-order valence-corrected chi connectivity index (χ1v) is 11.7. The number of carbonyl (C=O) groups is 1. The second-order valence-electron chi connectivity index (χ2n) is 8.01. The lowest BCUT2D eigenvalue weighted by atomic mass is 9.98. The van der Waals surface area contributed by atoms with Crippen LogP contribution in [0.3, 0.4) is 0 Å². The van der Waals surface area contributed by atoms with E-state index in [4.69, 9.17) is 4.98 Å². The highest BCUT2D eigenvalue weighted by molar-refractivity contribution is 9.15. The number of benzene rings is 3. The van der Waals surface area contributed by atoms with Crippen LogP contribution in [0, 0.1) is 0 Å². The maximum absolute atomic E-state index is 13.7. The second kappa shape index (κ2) is 8.36. The number of halogens is 1. The topological polar surface area (TPSA) is 46.1 Å². The van der Waals surface area contributed by atoms with E-state index in [0.29, 0.717) is 17.0 Å². The van der Waals surface area contributed by atoms with Gasteiger partial charge in [-0.05, 0) is 56.9 Å². The molecule has 0 radical (unpaired) electrons. The van der Waals surface area contributed by atoms with E-state index in [2.05, 4.69) is 20.9 Å². The molecule has 2 aliphatic rings. The highest BCUT2D eigenvalue weighted by Crippen LogP contribution is 2.43. The third kappa shape index (κ3) is 3.42. The molecule has 0 saturated heterocycles. The molecule has 0 spiro atoms. The predicted molar refractivity (Wildman–Crippen MR) is 139 cm³/mol. The molecule has 0 saturated carbocycles. The smallest absolute Gasteiger partial charge is 0.212 e. The van der Waals surface area contributed by atoms with Crippen LogP contribution in [0.5, 0.6) is 0 Å². The summed E-state index contributed by atoms with van der Waals surface area (Å²) in [6.07, 6.45) is 7.62. The lowest BCUT2D eigenvalue weighted by Crippen LogP contribution is -2.16. The zero-order chi connectivity index (χ0) is 23.1. The summed E-state index contributed by atoms with van der Waals surface area (Å²) >= 11 is 3.71. The van der Waals surface area contributed by atoms with Crippen molar-refractivity contribution in [2.45, 2.75) is 0 Å². The lowest BCUT2D eigenvalue weighted by Gasteiger charge is -2.23. The van der Waals surface area contributed by atoms with Gasteiger partial charge in [0.05, 0.1) is 44.4 Å². The van der Waals surface area contributed by atoms with Crippen molar-refractivity contribution in [1.82, 2.24) is 14.9 Å². The van der Waals surface area contributed by atoms with Crippen LogP contribution in [0.2, 0.25) is 0 Å². The van der Waals surface area contributed by atoms with E-state index < -0.39 is 0 Å². The Hall–Kier alpha value is -4.09. The number of hydrogen-bond acceptors (Lipinski definition) is 4. The summed E-state index contributed by atoms with van der Waals surface area (Å²) < 4.78 is 0.788. The Morgan fingerprint density at radius 2 is 1.44 bits per heavy atom. The van der Waals surface area contributed by atoms with Crippen LogP contribution in [0.15, 0.2) is 121 Å². The first kappa shape index (κ1) is 20.5. The number of hydrogen-bond donors (Lipinski definition) is 0. The van der Waals surface area contributed by atoms with Gasteiger partial charge in [-0.2, -0.15) is 0 Å². The molecule has 0 N–H and O–H groups in total. The van der Waals surface area contributed by atoms with Crippen LogP contribution in [0.4, 0.5) is 0 Å². The van der Waals surface area contributed by atoms with Crippen molar-refractivity contribution in [3.63, 3.8) is 0 Å². The van der Waals surface area contributed by atoms with Crippen molar-refractivity contribution in [2.24, 2.45) is 0 Å². The van der Waals surface area contributed by atoms with E-state index in [1.165, 1.54) is 0 Å². The average Bonchev–Trinajstić information content (AvgIpc) is 3.20. The second-order valence-corrected chi connectivity index (χ2v) is 8.81. The monoisotopic (exact) mass is 503 g/mol. The molecule has 0 unspecified atom stereocenters. The van der Waals surface area contributed by atoms with Gasteiger partial charge in [0.2, 0.25) is 5.78 Å². The molecule has 4 nitrogen and oxygen atoms in total. The lowest BCUT2D eigenvalue weighted by molar-refractivity contribution is -0.110. The molecule has 1 aromatic heterocycles. The molecule has 3 heterocycles. The van der Waals surface area contributed by atoms with Gasteiger partial charge in [-0.15, -0.1) is 0 Å². The van der Waals surface area contributed by atoms with Crippen LogP contribution in [-0.4, -0.2) is 20.7 Å². The van der Waals surface area contributed by atoms with Crippen LogP contribution >= 0.6 is 15.9 Å². The molecule has 0 aliphatic carbocycles. The largest absolute Gasteiger partial charge is 0.312 e. The number of nitrogens with zero attached hydrogens (tertiary/aromatic N) is 3. The Labute approximate surface area is 205 Å². The van der Waals surface area contributed by atoms with Crippen LogP contribution in [-0.2, 0) is 4.79 Å². The SMILES string of the molecule is O=C1C2=CC(=C(Br)c3cnc4ccccc4n3)C=CN2C(c2ccccc2)=C1c1ccccc1. The fourth-order valence-corrected chi connectivity index (χ4v) is 4.76. The Morgan fingerprint density at radius 1 is 0.794 bits per heavy atom. The fourth-order valence-electron chi connectivity index (χ4n) is 4.33. The van der Waals surface area contributed by atoms with Crippen LogP contribution in [0.1, 0.15) is 16.8 Å². The molecule has 0 amide bonds. The van der Waals surface area contributed by atoms with Gasteiger partial charge in [-0.3, -0.25) is 9.78 Å².